The summed E-state index contributed by atoms with van der Waals surface area (Å²) in [5.41, 5.74) is 0.0441. The topological polar surface area (TPSA) is 70.0 Å². The van der Waals surface area contributed by atoms with Gasteiger partial charge in [-0.25, -0.2) is 13.1 Å². The van der Waals surface area contributed by atoms with Crippen LogP contribution in [0, 0.1) is 17.2 Å². The van der Waals surface area contributed by atoms with Crippen molar-refractivity contribution in [1.29, 1.82) is 5.26 Å². The lowest BCUT2D eigenvalue weighted by Crippen LogP contribution is -2.45. The Morgan fingerprint density at radius 2 is 1.83 bits per heavy atom. The van der Waals surface area contributed by atoms with Crippen LogP contribution >= 0.6 is 0 Å². The molecule has 0 amide bonds. The van der Waals surface area contributed by atoms with Crippen molar-refractivity contribution in [3.63, 3.8) is 0 Å². The number of nitrogens with one attached hydrogen (secondary N) is 1. The van der Waals surface area contributed by atoms with E-state index in [9.17, 15) is 8.42 Å². The molecule has 1 aliphatic rings. The van der Waals surface area contributed by atoms with Gasteiger partial charge in [0.15, 0.2) is 0 Å². The number of benzene rings is 1. The summed E-state index contributed by atoms with van der Waals surface area (Å²) in [7, 11) is -3.51. The molecule has 0 heterocycles. The van der Waals surface area contributed by atoms with Crippen LogP contribution in [0.4, 0.5) is 0 Å². The Morgan fingerprint density at radius 1 is 1.28 bits per heavy atom. The van der Waals surface area contributed by atoms with Gasteiger partial charge < -0.3 is 0 Å². The summed E-state index contributed by atoms with van der Waals surface area (Å²) in [6.07, 6.45) is 2.14. The Kier molecular flexibility index (Phi) is 3.18. The zero-order valence-corrected chi connectivity index (χ0v) is 11.3. The molecule has 4 nitrogen and oxygen atoms in total. The molecule has 2 rings (SSSR count). The van der Waals surface area contributed by atoms with Crippen molar-refractivity contribution < 1.29 is 8.42 Å². The third-order valence-corrected chi connectivity index (χ3v) is 4.98. The molecule has 0 aliphatic heterocycles. The Balaban J connectivity index is 2.22. The molecule has 0 saturated heterocycles. The van der Waals surface area contributed by atoms with Gasteiger partial charge in [0.05, 0.1) is 16.5 Å². The monoisotopic (exact) mass is 264 g/mol. The summed E-state index contributed by atoms with van der Waals surface area (Å²) in [6, 6.07) is 7.92. The van der Waals surface area contributed by atoms with Gasteiger partial charge in [-0.05, 0) is 56.9 Å². The molecule has 0 unspecified atom stereocenters. The fourth-order valence-electron chi connectivity index (χ4n) is 2.00. The van der Waals surface area contributed by atoms with E-state index < -0.39 is 15.6 Å². The van der Waals surface area contributed by atoms with Gasteiger partial charge in [0.25, 0.3) is 0 Å². The summed E-state index contributed by atoms with van der Waals surface area (Å²) >= 11 is 0. The predicted octanol–water partition coefficient (Wildman–Crippen LogP) is 2.03. The lowest BCUT2D eigenvalue weighted by atomic mass is 10.0. The van der Waals surface area contributed by atoms with Crippen LogP contribution in [0.2, 0.25) is 0 Å². The second kappa shape index (κ2) is 4.38. The minimum absolute atomic E-state index is 0.204. The predicted molar refractivity (Wildman–Crippen MR) is 68.3 cm³/mol. The molecule has 1 aliphatic carbocycles. The van der Waals surface area contributed by atoms with Crippen LogP contribution in [0.1, 0.15) is 32.3 Å². The normalized spacial score (nSPS) is 16.3. The highest BCUT2D eigenvalue weighted by Crippen LogP contribution is 2.39. The lowest BCUT2D eigenvalue weighted by molar-refractivity contribution is 0.400. The highest BCUT2D eigenvalue weighted by Gasteiger charge is 2.40. The molecule has 1 aromatic carbocycles. The van der Waals surface area contributed by atoms with Crippen LogP contribution in [-0.2, 0) is 10.0 Å². The molecule has 0 aromatic heterocycles. The largest absolute Gasteiger partial charge is 0.241 e. The van der Waals surface area contributed by atoms with E-state index in [-0.39, 0.29) is 4.90 Å². The van der Waals surface area contributed by atoms with Crippen molar-refractivity contribution in [1.82, 2.24) is 4.72 Å². The smallest absolute Gasteiger partial charge is 0.207 e. The van der Waals surface area contributed by atoms with Crippen molar-refractivity contribution in [2.75, 3.05) is 0 Å². The quantitative estimate of drug-likeness (QED) is 0.904. The van der Waals surface area contributed by atoms with Crippen LogP contribution in [0.3, 0.4) is 0 Å². The zero-order chi connectivity index (χ0) is 13.4. The summed E-state index contributed by atoms with van der Waals surface area (Å²) in [5, 5.41) is 8.68. The van der Waals surface area contributed by atoms with Gasteiger partial charge in [-0.2, -0.15) is 5.26 Å². The number of nitriles is 1. The second-order valence-corrected chi connectivity index (χ2v) is 6.92. The molecule has 1 fully saturated rings. The van der Waals surface area contributed by atoms with Crippen LogP contribution in [0.25, 0.3) is 0 Å². The van der Waals surface area contributed by atoms with Crippen molar-refractivity contribution in [3.05, 3.63) is 29.8 Å². The molecule has 18 heavy (non-hydrogen) atoms. The van der Waals surface area contributed by atoms with E-state index in [0.29, 0.717) is 11.5 Å². The van der Waals surface area contributed by atoms with Crippen LogP contribution in [0.15, 0.2) is 29.2 Å². The van der Waals surface area contributed by atoms with E-state index >= 15 is 0 Å². The van der Waals surface area contributed by atoms with E-state index in [0.717, 1.165) is 12.8 Å². The van der Waals surface area contributed by atoms with E-state index in [1.165, 1.54) is 24.3 Å². The van der Waals surface area contributed by atoms with E-state index in [2.05, 4.69) is 4.72 Å². The SMILES string of the molecule is CC(C)(NS(=O)(=O)c1ccc(C#N)cc1)C1CC1. The number of rotatable bonds is 4. The number of sulfonamides is 1. The first-order valence-electron chi connectivity index (χ1n) is 5.89. The molecule has 96 valence electrons. The standard InChI is InChI=1S/C13H16N2O2S/c1-13(2,11-5-6-11)15-18(16,17)12-7-3-10(9-14)4-8-12/h3-4,7-8,11,15H,5-6H2,1-2H3. The fourth-order valence-corrected chi connectivity index (χ4v) is 3.47. The molecule has 1 N–H and O–H groups in total. The Labute approximate surface area is 108 Å². The Bertz CT molecular complexity index is 578. The molecule has 0 atom stereocenters. The third kappa shape index (κ3) is 2.71. The van der Waals surface area contributed by atoms with Crippen molar-refractivity contribution in [2.45, 2.75) is 37.1 Å². The van der Waals surface area contributed by atoms with E-state index in [1.807, 2.05) is 19.9 Å². The average Bonchev–Trinajstić information content (AvgIpc) is 3.12. The van der Waals surface area contributed by atoms with Gasteiger partial charge in [0.1, 0.15) is 0 Å². The summed E-state index contributed by atoms with van der Waals surface area (Å²) in [6.45, 7) is 3.82. The first-order chi connectivity index (χ1) is 8.35. The number of nitrogens with zero attached hydrogens (tertiary/aromatic N) is 1. The third-order valence-electron chi connectivity index (χ3n) is 3.29. The molecule has 0 spiro atoms. The first-order valence-corrected chi connectivity index (χ1v) is 7.37. The molecule has 5 heteroatoms. The summed E-state index contributed by atoms with van der Waals surface area (Å²) < 4.78 is 27.1. The van der Waals surface area contributed by atoms with Crippen LogP contribution in [0.5, 0.6) is 0 Å². The van der Waals surface area contributed by atoms with Gasteiger partial charge in [-0.15, -0.1) is 0 Å². The molecule has 1 aromatic rings. The van der Waals surface area contributed by atoms with Gasteiger partial charge in [-0.1, -0.05) is 0 Å². The first kappa shape index (κ1) is 13.1. The summed E-state index contributed by atoms with van der Waals surface area (Å²) in [4.78, 5) is 0.204. The maximum absolute atomic E-state index is 12.2. The lowest BCUT2D eigenvalue weighted by Gasteiger charge is -2.25. The van der Waals surface area contributed by atoms with Crippen molar-refractivity contribution in [3.8, 4) is 6.07 Å². The summed E-state index contributed by atoms with van der Waals surface area (Å²) in [5.74, 6) is 0.422. The Morgan fingerprint density at radius 3 is 2.28 bits per heavy atom. The number of hydrogen-bond donors (Lipinski definition) is 1. The fraction of sp³-hybridized carbons (Fsp3) is 0.462. The van der Waals surface area contributed by atoms with Gasteiger partial charge >= 0.3 is 0 Å². The molecule has 0 radical (unpaired) electrons. The minimum Gasteiger partial charge on any atom is -0.207 e. The highest BCUT2D eigenvalue weighted by atomic mass is 32.2. The molecule has 0 bridgehead atoms. The van der Waals surface area contributed by atoms with Crippen LogP contribution in [-0.4, -0.2) is 14.0 Å². The minimum atomic E-state index is -3.51. The van der Waals surface area contributed by atoms with Gasteiger partial charge in [0.2, 0.25) is 10.0 Å². The second-order valence-electron chi connectivity index (χ2n) is 5.24. The zero-order valence-electron chi connectivity index (χ0n) is 10.5. The van der Waals surface area contributed by atoms with E-state index in [4.69, 9.17) is 5.26 Å². The maximum atomic E-state index is 12.2. The highest BCUT2D eigenvalue weighted by molar-refractivity contribution is 7.89. The van der Waals surface area contributed by atoms with Gasteiger partial charge in [0, 0.05) is 5.54 Å². The molecular formula is C13H16N2O2S. The number of hydrogen-bond acceptors (Lipinski definition) is 3. The van der Waals surface area contributed by atoms with Crippen molar-refractivity contribution in [2.24, 2.45) is 5.92 Å². The van der Waals surface area contributed by atoms with Crippen molar-refractivity contribution >= 4 is 10.0 Å². The molecular weight excluding hydrogens is 248 g/mol. The molecule has 1 saturated carbocycles. The maximum Gasteiger partial charge on any atom is 0.241 e. The van der Waals surface area contributed by atoms with E-state index in [1.54, 1.807) is 0 Å². The average molecular weight is 264 g/mol. The van der Waals surface area contributed by atoms with Crippen LogP contribution < -0.4 is 4.72 Å². The van der Waals surface area contributed by atoms with Gasteiger partial charge in [-0.3, -0.25) is 0 Å². The Hall–Kier alpha value is -1.38.